The van der Waals surface area contributed by atoms with Crippen LogP contribution in [0.4, 0.5) is 0 Å². The second-order valence-corrected chi connectivity index (χ2v) is 6.89. The van der Waals surface area contributed by atoms with Gasteiger partial charge in [0.1, 0.15) is 5.76 Å². The molecule has 0 aliphatic heterocycles. The lowest BCUT2D eigenvalue weighted by molar-refractivity contribution is 0.455. The Labute approximate surface area is 124 Å². The van der Waals surface area contributed by atoms with Gasteiger partial charge in [0, 0.05) is 37.0 Å². The fourth-order valence-corrected chi connectivity index (χ4v) is 3.38. The summed E-state index contributed by atoms with van der Waals surface area (Å²) in [6.45, 7) is 4.30. The summed E-state index contributed by atoms with van der Waals surface area (Å²) in [4.78, 5) is 0. The number of hydrogen-bond acceptors (Lipinski definition) is 5. The fraction of sp³-hybridized carbons (Fsp3) is 0.462. The Morgan fingerprint density at radius 1 is 1.43 bits per heavy atom. The van der Waals surface area contributed by atoms with Gasteiger partial charge in [-0.25, -0.2) is 8.42 Å². The summed E-state index contributed by atoms with van der Waals surface area (Å²) in [5, 5.41) is 9.73. The Morgan fingerprint density at radius 3 is 2.71 bits per heavy atom. The van der Waals surface area contributed by atoms with E-state index in [0.717, 1.165) is 11.3 Å². The molecule has 0 fully saturated rings. The second-order valence-electron chi connectivity index (χ2n) is 4.93. The van der Waals surface area contributed by atoms with Crippen LogP contribution in [-0.4, -0.2) is 37.0 Å². The van der Waals surface area contributed by atoms with E-state index in [1.807, 2.05) is 0 Å². The van der Waals surface area contributed by atoms with Crippen LogP contribution in [0.25, 0.3) is 0 Å². The Bertz CT molecular complexity index is 718. The molecule has 2 heterocycles. The van der Waals surface area contributed by atoms with Crippen LogP contribution < -0.4 is 5.32 Å². The molecule has 2 aromatic rings. The Balaban J connectivity index is 2.31. The molecular formula is C13H20N4O3S. The van der Waals surface area contributed by atoms with Crippen molar-refractivity contribution in [2.75, 3.05) is 14.1 Å². The zero-order valence-electron chi connectivity index (χ0n) is 12.6. The molecule has 7 nitrogen and oxygen atoms in total. The molecule has 116 valence electrons. The zero-order chi connectivity index (χ0) is 15.6. The average Bonchev–Trinajstić information content (AvgIpc) is 2.98. The minimum absolute atomic E-state index is 0.0676. The van der Waals surface area contributed by atoms with Gasteiger partial charge in [0.05, 0.1) is 6.26 Å². The molecule has 0 atom stereocenters. The molecule has 0 saturated heterocycles. The molecule has 0 saturated carbocycles. The monoisotopic (exact) mass is 312 g/mol. The number of hydrogen-bond donors (Lipinski definition) is 2. The quantitative estimate of drug-likeness (QED) is 0.835. The number of aryl methyl sites for hydroxylation is 2. The average molecular weight is 312 g/mol. The summed E-state index contributed by atoms with van der Waals surface area (Å²) < 4.78 is 31.8. The van der Waals surface area contributed by atoms with E-state index in [1.54, 1.807) is 33.2 Å². The van der Waals surface area contributed by atoms with Crippen molar-refractivity contribution in [1.29, 1.82) is 0 Å². The molecule has 0 spiro atoms. The molecule has 21 heavy (non-hydrogen) atoms. The molecular weight excluding hydrogens is 292 g/mol. The summed E-state index contributed by atoms with van der Waals surface area (Å²) in [5.74, 6) is 0.714. The van der Waals surface area contributed by atoms with Crippen molar-refractivity contribution in [1.82, 2.24) is 19.8 Å². The van der Waals surface area contributed by atoms with E-state index < -0.39 is 10.0 Å². The summed E-state index contributed by atoms with van der Waals surface area (Å²) >= 11 is 0. The van der Waals surface area contributed by atoms with Crippen LogP contribution in [0.5, 0.6) is 0 Å². The van der Waals surface area contributed by atoms with Crippen molar-refractivity contribution >= 4 is 10.0 Å². The van der Waals surface area contributed by atoms with E-state index in [-0.39, 0.29) is 11.6 Å². The summed E-state index contributed by atoms with van der Waals surface area (Å²) in [7, 11) is -0.353. The lowest BCUT2D eigenvalue weighted by atomic mass is 10.3. The van der Waals surface area contributed by atoms with Crippen molar-refractivity contribution < 1.29 is 12.8 Å². The molecule has 0 aromatic carbocycles. The van der Waals surface area contributed by atoms with Gasteiger partial charge in [-0.05, 0) is 27.0 Å². The number of nitrogens with zero attached hydrogens (tertiary/aromatic N) is 2. The van der Waals surface area contributed by atoms with Gasteiger partial charge in [-0.3, -0.25) is 5.10 Å². The van der Waals surface area contributed by atoms with Gasteiger partial charge in [-0.1, -0.05) is 0 Å². The number of nitrogens with one attached hydrogen (secondary N) is 2. The largest absolute Gasteiger partial charge is 0.469 e. The minimum atomic E-state index is -3.65. The predicted molar refractivity (Wildman–Crippen MR) is 78.2 cm³/mol. The second kappa shape index (κ2) is 6.00. The molecule has 0 amide bonds. The van der Waals surface area contributed by atoms with Crippen molar-refractivity contribution in [3.63, 3.8) is 0 Å². The van der Waals surface area contributed by atoms with Crippen LogP contribution in [0.1, 0.15) is 22.6 Å². The van der Waals surface area contributed by atoms with Gasteiger partial charge in [-0.2, -0.15) is 9.40 Å². The van der Waals surface area contributed by atoms with E-state index in [0.29, 0.717) is 17.9 Å². The molecule has 0 aliphatic rings. The van der Waals surface area contributed by atoms with Crippen molar-refractivity contribution in [2.45, 2.75) is 32.0 Å². The standard InChI is InChI=1S/C13H20N4O3S/c1-9-12(7-14-3)13(16-15-9)21(18,19)17(4)8-11-5-6-20-10(11)2/h5-6,14H,7-8H2,1-4H3,(H,15,16). The van der Waals surface area contributed by atoms with E-state index in [1.165, 1.54) is 11.4 Å². The van der Waals surface area contributed by atoms with Gasteiger partial charge in [0.15, 0.2) is 5.03 Å². The van der Waals surface area contributed by atoms with Gasteiger partial charge in [0.25, 0.3) is 10.0 Å². The van der Waals surface area contributed by atoms with E-state index >= 15 is 0 Å². The van der Waals surface area contributed by atoms with Crippen molar-refractivity contribution in [2.24, 2.45) is 0 Å². The Morgan fingerprint density at radius 2 is 2.14 bits per heavy atom. The van der Waals surface area contributed by atoms with Crippen LogP contribution >= 0.6 is 0 Å². The predicted octanol–water partition coefficient (Wildman–Crippen LogP) is 1.16. The summed E-state index contributed by atoms with van der Waals surface area (Å²) in [6.07, 6.45) is 1.55. The summed E-state index contributed by atoms with van der Waals surface area (Å²) in [6, 6.07) is 1.77. The molecule has 0 radical (unpaired) electrons. The first-order valence-corrected chi connectivity index (χ1v) is 7.99. The lowest BCUT2D eigenvalue weighted by Gasteiger charge is -2.16. The molecule has 0 unspecified atom stereocenters. The van der Waals surface area contributed by atoms with Crippen molar-refractivity contribution in [3.05, 3.63) is 34.9 Å². The number of aromatic amines is 1. The molecule has 8 heteroatoms. The third-order valence-electron chi connectivity index (χ3n) is 3.40. The Hall–Kier alpha value is -1.64. The number of H-pyrrole nitrogens is 1. The van der Waals surface area contributed by atoms with E-state index in [9.17, 15) is 8.42 Å². The molecule has 0 bridgehead atoms. The van der Waals surface area contributed by atoms with Crippen molar-refractivity contribution in [3.8, 4) is 0 Å². The highest BCUT2D eigenvalue weighted by Crippen LogP contribution is 2.22. The van der Waals surface area contributed by atoms with Crippen LogP contribution in [0.15, 0.2) is 21.8 Å². The topological polar surface area (TPSA) is 91.2 Å². The van der Waals surface area contributed by atoms with Gasteiger partial charge in [0.2, 0.25) is 0 Å². The molecule has 2 aromatic heterocycles. The van der Waals surface area contributed by atoms with Gasteiger partial charge >= 0.3 is 0 Å². The van der Waals surface area contributed by atoms with E-state index in [2.05, 4.69) is 15.5 Å². The lowest BCUT2D eigenvalue weighted by Crippen LogP contribution is -2.28. The summed E-state index contributed by atoms with van der Waals surface area (Å²) in [5.41, 5.74) is 2.24. The van der Waals surface area contributed by atoms with Crippen LogP contribution in [0, 0.1) is 13.8 Å². The number of rotatable bonds is 6. The maximum absolute atomic E-state index is 12.7. The maximum Gasteiger partial charge on any atom is 0.262 e. The van der Waals surface area contributed by atoms with Gasteiger partial charge < -0.3 is 9.73 Å². The fourth-order valence-electron chi connectivity index (χ4n) is 2.08. The normalized spacial score (nSPS) is 12.2. The van der Waals surface area contributed by atoms with E-state index in [4.69, 9.17) is 4.42 Å². The third kappa shape index (κ3) is 3.02. The first-order valence-electron chi connectivity index (χ1n) is 6.55. The van der Waals surface area contributed by atoms with Crippen LogP contribution in [0.3, 0.4) is 0 Å². The maximum atomic E-state index is 12.7. The van der Waals surface area contributed by atoms with Crippen LogP contribution in [0.2, 0.25) is 0 Å². The highest BCUT2D eigenvalue weighted by molar-refractivity contribution is 7.89. The first kappa shape index (κ1) is 15.7. The Kier molecular flexibility index (Phi) is 4.50. The molecule has 2 rings (SSSR count). The van der Waals surface area contributed by atoms with Gasteiger partial charge in [-0.15, -0.1) is 0 Å². The number of aromatic nitrogens is 2. The highest BCUT2D eigenvalue weighted by Gasteiger charge is 2.28. The number of sulfonamides is 1. The smallest absolute Gasteiger partial charge is 0.262 e. The number of furan rings is 1. The minimum Gasteiger partial charge on any atom is -0.469 e. The molecule has 2 N–H and O–H groups in total. The molecule has 0 aliphatic carbocycles. The zero-order valence-corrected chi connectivity index (χ0v) is 13.4. The highest BCUT2D eigenvalue weighted by atomic mass is 32.2. The first-order chi connectivity index (χ1) is 9.87. The van der Waals surface area contributed by atoms with Crippen LogP contribution in [-0.2, 0) is 23.1 Å². The third-order valence-corrected chi connectivity index (χ3v) is 5.18. The SMILES string of the molecule is CNCc1c(S(=O)(=O)N(C)Cc2ccoc2C)n[nH]c1C.